The van der Waals surface area contributed by atoms with Gasteiger partial charge in [0.2, 0.25) is 11.8 Å². The molecule has 1 aliphatic carbocycles. The first-order valence-corrected chi connectivity index (χ1v) is 5.38. The summed E-state index contributed by atoms with van der Waals surface area (Å²) in [5, 5.41) is 7.11. The Hall–Kier alpha value is -1.85. The molecule has 6 heteroatoms. The molecule has 0 aliphatic heterocycles. The van der Waals surface area contributed by atoms with Crippen molar-refractivity contribution in [3.63, 3.8) is 0 Å². The van der Waals surface area contributed by atoms with Crippen molar-refractivity contribution in [1.82, 2.24) is 19.7 Å². The molecule has 0 aromatic carbocycles. The molecule has 3 rings (SSSR count). The number of hydrogen-bond donors (Lipinski definition) is 1. The third-order valence-corrected chi connectivity index (χ3v) is 2.50. The van der Waals surface area contributed by atoms with Gasteiger partial charge in [-0.2, -0.15) is 4.98 Å². The smallest absolute Gasteiger partial charge is 0.246 e. The lowest BCUT2D eigenvalue weighted by Crippen LogP contribution is -2.09. The third kappa shape index (κ3) is 1.91. The standard InChI is InChI=1S/C10H13N5O/c1-7-12-9(16-14-7)6-15-5-4-11-10(15)13-8-2-3-8/h4-5,8H,2-3,6H2,1H3,(H,11,13). The van der Waals surface area contributed by atoms with Gasteiger partial charge in [0.25, 0.3) is 0 Å². The lowest BCUT2D eigenvalue weighted by molar-refractivity contribution is 0.368. The molecule has 0 saturated heterocycles. The zero-order valence-corrected chi connectivity index (χ0v) is 9.05. The molecule has 0 bridgehead atoms. The molecular formula is C10H13N5O. The number of rotatable bonds is 4. The second-order valence-corrected chi connectivity index (χ2v) is 4.03. The van der Waals surface area contributed by atoms with Crippen LogP contribution in [0.1, 0.15) is 24.6 Å². The lowest BCUT2D eigenvalue weighted by atomic mass is 10.6. The minimum absolute atomic E-state index is 0.565. The summed E-state index contributed by atoms with van der Waals surface area (Å²) in [4.78, 5) is 8.43. The van der Waals surface area contributed by atoms with Gasteiger partial charge in [-0.1, -0.05) is 5.16 Å². The number of aryl methyl sites for hydroxylation is 1. The van der Waals surface area contributed by atoms with Crippen LogP contribution in [0.25, 0.3) is 0 Å². The summed E-state index contributed by atoms with van der Waals surface area (Å²) in [5.74, 6) is 2.14. The number of nitrogens with one attached hydrogen (secondary N) is 1. The van der Waals surface area contributed by atoms with Crippen LogP contribution in [-0.2, 0) is 6.54 Å². The van der Waals surface area contributed by atoms with Crippen molar-refractivity contribution in [3.8, 4) is 0 Å². The highest BCUT2D eigenvalue weighted by Gasteiger charge is 2.22. The highest BCUT2D eigenvalue weighted by Crippen LogP contribution is 2.23. The minimum Gasteiger partial charge on any atom is -0.353 e. The van der Waals surface area contributed by atoms with Gasteiger partial charge in [0, 0.05) is 18.4 Å². The predicted octanol–water partition coefficient (Wildman–Crippen LogP) is 1.20. The normalized spacial score (nSPS) is 15.3. The van der Waals surface area contributed by atoms with Gasteiger partial charge < -0.3 is 14.4 Å². The molecule has 0 unspecified atom stereocenters. The lowest BCUT2D eigenvalue weighted by Gasteiger charge is -2.05. The molecule has 1 fully saturated rings. The van der Waals surface area contributed by atoms with Crippen molar-refractivity contribution in [2.75, 3.05) is 5.32 Å². The van der Waals surface area contributed by atoms with Gasteiger partial charge in [0.15, 0.2) is 5.82 Å². The molecule has 0 spiro atoms. The second kappa shape index (κ2) is 3.62. The minimum atomic E-state index is 0.565. The van der Waals surface area contributed by atoms with Crippen molar-refractivity contribution >= 4 is 5.95 Å². The average molecular weight is 219 g/mol. The van der Waals surface area contributed by atoms with Crippen molar-refractivity contribution in [1.29, 1.82) is 0 Å². The van der Waals surface area contributed by atoms with Gasteiger partial charge in [-0.15, -0.1) is 0 Å². The Kier molecular flexibility index (Phi) is 2.12. The summed E-state index contributed by atoms with van der Waals surface area (Å²) in [7, 11) is 0. The summed E-state index contributed by atoms with van der Waals surface area (Å²) >= 11 is 0. The van der Waals surface area contributed by atoms with E-state index in [9.17, 15) is 0 Å². The Morgan fingerprint density at radius 3 is 3.12 bits per heavy atom. The molecule has 1 saturated carbocycles. The van der Waals surface area contributed by atoms with Gasteiger partial charge in [-0.05, 0) is 19.8 Å². The topological polar surface area (TPSA) is 68.8 Å². The molecule has 0 radical (unpaired) electrons. The predicted molar refractivity (Wildman–Crippen MR) is 57.0 cm³/mol. The van der Waals surface area contributed by atoms with Gasteiger partial charge in [0.1, 0.15) is 6.54 Å². The van der Waals surface area contributed by atoms with Crippen LogP contribution in [-0.4, -0.2) is 25.7 Å². The van der Waals surface area contributed by atoms with Crippen LogP contribution in [0, 0.1) is 6.92 Å². The van der Waals surface area contributed by atoms with Crippen molar-refractivity contribution < 1.29 is 4.52 Å². The fourth-order valence-corrected chi connectivity index (χ4v) is 1.54. The molecule has 1 N–H and O–H groups in total. The Morgan fingerprint density at radius 1 is 1.56 bits per heavy atom. The van der Waals surface area contributed by atoms with E-state index in [-0.39, 0.29) is 0 Å². The molecule has 2 aromatic heterocycles. The number of aromatic nitrogens is 4. The summed E-state index contributed by atoms with van der Waals surface area (Å²) < 4.78 is 7.05. The van der Waals surface area contributed by atoms with Gasteiger partial charge >= 0.3 is 0 Å². The number of nitrogens with zero attached hydrogens (tertiary/aromatic N) is 4. The van der Waals surface area contributed by atoms with E-state index in [4.69, 9.17) is 4.52 Å². The first-order chi connectivity index (χ1) is 7.81. The summed E-state index contributed by atoms with van der Waals surface area (Å²) in [6.07, 6.45) is 6.14. The SMILES string of the molecule is Cc1noc(Cn2ccnc2NC2CC2)n1. The quantitative estimate of drug-likeness (QED) is 0.836. The van der Waals surface area contributed by atoms with Crippen LogP contribution in [0.3, 0.4) is 0 Å². The van der Waals surface area contributed by atoms with Gasteiger partial charge in [-0.25, -0.2) is 4.98 Å². The highest BCUT2D eigenvalue weighted by molar-refractivity contribution is 5.30. The molecule has 1 aliphatic rings. The van der Waals surface area contributed by atoms with E-state index in [0.29, 0.717) is 24.3 Å². The van der Waals surface area contributed by atoms with Crippen LogP contribution < -0.4 is 5.32 Å². The largest absolute Gasteiger partial charge is 0.353 e. The zero-order valence-electron chi connectivity index (χ0n) is 9.05. The zero-order chi connectivity index (χ0) is 11.0. The monoisotopic (exact) mass is 219 g/mol. The van der Waals surface area contributed by atoms with Crippen LogP contribution >= 0.6 is 0 Å². The fraction of sp³-hybridized carbons (Fsp3) is 0.500. The van der Waals surface area contributed by atoms with E-state index in [1.54, 1.807) is 6.20 Å². The maximum Gasteiger partial charge on any atom is 0.246 e. The highest BCUT2D eigenvalue weighted by atomic mass is 16.5. The Bertz CT molecular complexity index is 485. The number of imidazole rings is 1. The van der Waals surface area contributed by atoms with Crippen molar-refractivity contribution in [3.05, 3.63) is 24.1 Å². The van der Waals surface area contributed by atoms with E-state index in [0.717, 1.165) is 5.95 Å². The van der Waals surface area contributed by atoms with Gasteiger partial charge in [0.05, 0.1) is 0 Å². The average Bonchev–Trinajstić information content (AvgIpc) is 2.82. The number of anilines is 1. The first-order valence-electron chi connectivity index (χ1n) is 5.38. The molecule has 84 valence electrons. The van der Waals surface area contributed by atoms with Gasteiger partial charge in [-0.3, -0.25) is 0 Å². The molecule has 0 amide bonds. The van der Waals surface area contributed by atoms with E-state index in [1.807, 2.05) is 17.7 Å². The fourth-order valence-electron chi connectivity index (χ4n) is 1.54. The maximum absolute atomic E-state index is 5.08. The van der Waals surface area contributed by atoms with E-state index < -0.39 is 0 Å². The molecule has 2 heterocycles. The van der Waals surface area contributed by atoms with Crippen LogP contribution in [0.5, 0.6) is 0 Å². The second-order valence-electron chi connectivity index (χ2n) is 4.03. The van der Waals surface area contributed by atoms with Crippen molar-refractivity contribution in [2.45, 2.75) is 32.4 Å². The summed E-state index contributed by atoms with van der Waals surface area (Å²) in [5.41, 5.74) is 0. The molecule has 0 atom stereocenters. The summed E-state index contributed by atoms with van der Waals surface area (Å²) in [6, 6.07) is 0.588. The Balaban J connectivity index is 1.75. The molecule has 16 heavy (non-hydrogen) atoms. The van der Waals surface area contributed by atoms with Crippen molar-refractivity contribution in [2.24, 2.45) is 0 Å². The Labute approximate surface area is 92.7 Å². The van der Waals surface area contributed by atoms with Crippen LogP contribution in [0.4, 0.5) is 5.95 Å². The van der Waals surface area contributed by atoms with Crippen LogP contribution in [0.2, 0.25) is 0 Å². The number of hydrogen-bond acceptors (Lipinski definition) is 5. The van der Waals surface area contributed by atoms with E-state index >= 15 is 0 Å². The molecule has 2 aromatic rings. The maximum atomic E-state index is 5.08. The van der Waals surface area contributed by atoms with Crippen LogP contribution in [0.15, 0.2) is 16.9 Å². The van der Waals surface area contributed by atoms with E-state index in [1.165, 1.54) is 12.8 Å². The third-order valence-electron chi connectivity index (χ3n) is 2.50. The first kappa shape index (κ1) is 9.38. The molecule has 6 nitrogen and oxygen atoms in total. The summed E-state index contributed by atoms with van der Waals surface area (Å²) in [6.45, 7) is 2.38. The van der Waals surface area contributed by atoms with E-state index in [2.05, 4.69) is 20.4 Å². The molecular weight excluding hydrogens is 206 g/mol. The Morgan fingerprint density at radius 2 is 2.44 bits per heavy atom.